The number of nitrogens with one attached hydrogen (secondary N) is 2. The van der Waals surface area contributed by atoms with Crippen molar-refractivity contribution in [1.82, 2.24) is 20.2 Å². The molecule has 0 saturated carbocycles. The predicted octanol–water partition coefficient (Wildman–Crippen LogP) is 2.73. The molecule has 28 heavy (non-hydrogen) atoms. The van der Waals surface area contributed by atoms with E-state index in [1.54, 1.807) is 18.3 Å². The predicted molar refractivity (Wildman–Crippen MR) is 98.8 cm³/mol. The average molecular weight is 388 g/mol. The lowest BCUT2D eigenvalue weighted by Crippen LogP contribution is -2.37. The molecule has 146 valence electrons. The van der Waals surface area contributed by atoms with Crippen molar-refractivity contribution in [3.63, 3.8) is 0 Å². The molecular weight excluding hydrogens is 370 g/mol. The summed E-state index contributed by atoms with van der Waals surface area (Å²) in [7, 11) is 1.28. The Bertz CT molecular complexity index is 974. The first-order chi connectivity index (χ1) is 13.7. The molecule has 1 aromatic carbocycles. The second-order valence-corrected chi connectivity index (χ2v) is 6.08. The summed E-state index contributed by atoms with van der Waals surface area (Å²) in [6, 6.07) is 6.06. The van der Waals surface area contributed by atoms with Crippen molar-refractivity contribution < 1.29 is 18.3 Å². The number of methoxy groups -OCH3 is 1. The smallest absolute Gasteiger partial charge is 0.227 e. The van der Waals surface area contributed by atoms with Gasteiger partial charge in [0, 0.05) is 30.9 Å². The number of rotatable bonds is 5. The molecule has 1 saturated heterocycles. The number of aromatic nitrogens is 4. The number of aromatic amines is 1. The fraction of sp³-hybridized carbons (Fsp3) is 0.278. The third kappa shape index (κ3) is 3.58. The maximum absolute atomic E-state index is 14.3. The first-order valence-corrected chi connectivity index (χ1v) is 8.66. The Labute approximate surface area is 159 Å². The molecule has 1 aliphatic heterocycles. The van der Waals surface area contributed by atoms with Crippen LogP contribution in [0.2, 0.25) is 0 Å². The van der Waals surface area contributed by atoms with Crippen molar-refractivity contribution in [2.75, 3.05) is 43.6 Å². The van der Waals surface area contributed by atoms with Gasteiger partial charge in [-0.15, -0.1) is 0 Å². The highest BCUT2D eigenvalue weighted by molar-refractivity contribution is 5.66. The molecule has 0 unspecified atom stereocenters. The molecule has 0 radical (unpaired) electrons. The number of benzene rings is 1. The van der Waals surface area contributed by atoms with Gasteiger partial charge < -0.3 is 19.7 Å². The van der Waals surface area contributed by atoms with Crippen molar-refractivity contribution >= 4 is 17.6 Å². The van der Waals surface area contributed by atoms with Crippen LogP contribution < -0.4 is 15.0 Å². The number of morpholine rings is 1. The normalized spacial score (nSPS) is 14.2. The van der Waals surface area contributed by atoms with E-state index in [1.165, 1.54) is 19.2 Å². The van der Waals surface area contributed by atoms with E-state index in [2.05, 4.69) is 25.5 Å². The first kappa shape index (κ1) is 18.1. The molecule has 10 heteroatoms. The van der Waals surface area contributed by atoms with E-state index in [9.17, 15) is 8.78 Å². The summed E-state index contributed by atoms with van der Waals surface area (Å²) >= 11 is 0. The van der Waals surface area contributed by atoms with Gasteiger partial charge in [0.15, 0.2) is 17.4 Å². The van der Waals surface area contributed by atoms with Crippen LogP contribution in [-0.4, -0.2) is 53.6 Å². The maximum atomic E-state index is 14.3. The fourth-order valence-corrected chi connectivity index (χ4v) is 2.89. The van der Waals surface area contributed by atoms with E-state index in [0.29, 0.717) is 36.5 Å². The number of anilines is 3. The van der Waals surface area contributed by atoms with Crippen LogP contribution in [0.3, 0.4) is 0 Å². The lowest BCUT2D eigenvalue weighted by Gasteiger charge is -2.26. The van der Waals surface area contributed by atoms with Crippen LogP contribution >= 0.6 is 0 Å². The Morgan fingerprint density at radius 1 is 1.14 bits per heavy atom. The summed E-state index contributed by atoms with van der Waals surface area (Å²) in [6.45, 7) is 2.71. The van der Waals surface area contributed by atoms with E-state index < -0.39 is 11.6 Å². The van der Waals surface area contributed by atoms with Gasteiger partial charge in [0.1, 0.15) is 5.82 Å². The third-order valence-electron chi connectivity index (χ3n) is 4.33. The molecule has 8 nitrogen and oxygen atoms in total. The Kier molecular flexibility index (Phi) is 5.02. The molecule has 0 atom stereocenters. The third-order valence-corrected chi connectivity index (χ3v) is 4.33. The van der Waals surface area contributed by atoms with Crippen LogP contribution in [0.15, 0.2) is 30.5 Å². The van der Waals surface area contributed by atoms with Gasteiger partial charge in [0.2, 0.25) is 11.8 Å². The van der Waals surface area contributed by atoms with Gasteiger partial charge in [-0.1, -0.05) is 0 Å². The van der Waals surface area contributed by atoms with Gasteiger partial charge in [-0.2, -0.15) is 14.5 Å². The number of H-pyrrole nitrogens is 1. The highest BCUT2D eigenvalue weighted by Gasteiger charge is 2.18. The highest BCUT2D eigenvalue weighted by atomic mass is 19.2. The molecule has 1 fully saturated rings. The van der Waals surface area contributed by atoms with Gasteiger partial charge in [0.25, 0.3) is 0 Å². The quantitative estimate of drug-likeness (QED) is 0.695. The molecule has 3 aromatic rings. The number of hydrogen-bond donors (Lipinski definition) is 2. The van der Waals surface area contributed by atoms with Gasteiger partial charge in [-0.05, 0) is 18.2 Å². The van der Waals surface area contributed by atoms with Gasteiger partial charge >= 0.3 is 0 Å². The van der Waals surface area contributed by atoms with Crippen LogP contribution in [0, 0.1) is 11.6 Å². The second-order valence-electron chi connectivity index (χ2n) is 6.08. The van der Waals surface area contributed by atoms with Crippen LogP contribution in [-0.2, 0) is 4.74 Å². The van der Waals surface area contributed by atoms with Gasteiger partial charge in [0.05, 0.1) is 26.0 Å². The minimum atomic E-state index is -1.05. The standard InChI is InChI=1S/C18H18F2N6O2/c1-27-13-3-2-11(16(19)17(13)20)12-10-15(25-24-12)22-14-4-5-21-18(23-14)26-6-8-28-9-7-26/h2-5,10H,6-9H2,1H3,(H2,21,22,23,24,25). The van der Waals surface area contributed by atoms with Gasteiger partial charge in [-0.25, -0.2) is 9.37 Å². The van der Waals surface area contributed by atoms with E-state index >= 15 is 0 Å². The van der Waals surface area contributed by atoms with Crippen LogP contribution in [0.1, 0.15) is 0 Å². The van der Waals surface area contributed by atoms with E-state index in [-0.39, 0.29) is 11.3 Å². The summed E-state index contributed by atoms with van der Waals surface area (Å²) in [5.41, 5.74) is 0.375. The minimum Gasteiger partial charge on any atom is -0.494 e. The summed E-state index contributed by atoms with van der Waals surface area (Å²) in [4.78, 5) is 10.8. The summed E-state index contributed by atoms with van der Waals surface area (Å²) in [5.74, 6) is -0.669. The molecule has 2 N–H and O–H groups in total. The van der Waals surface area contributed by atoms with Crippen LogP contribution in [0.25, 0.3) is 11.3 Å². The molecule has 1 aliphatic rings. The summed E-state index contributed by atoms with van der Waals surface area (Å²) in [6.07, 6.45) is 1.65. The first-order valence-electron chi connectivity index (χ1n) is 8.66. The number of nitrogens with zero attached hydrogens (tertiary/aromatic N) is 4. The maximum Gasteiger partial charge on any atom is 0.227 e. The van der Waals surface area contributed by atoms with Crippen LogP contribution in [0.5, 0.6) is 5.75 Å². The monoisotopic (exact) mass is 388 g/mol. The molecule has 4 rings (SSSR count). The summed E-state index contributed by atoms with van der Waals surface area (Å²) < 4.78 is 38.3. The SMILES string of the molecule is COc1ccc(-c2cc(Nc3ccnc(N4CCOCC4)n3)n[nH]2)c(F)c1F. The Hall–Kier alpha value is -3.27. The zero-order valence-corrected chi connectivity index (χ0v) is 15.1. The van der Waals surface area contributed by atoms with Crippen molar-refractivity contribution in [2.24, 2.45) is 0 Å². The highest BCUT2D eigenvalue weighted by Crippen LogP contribution is 2.30. The molecular formula is C18H18F2N6O2. The van der Waals surface area contributed by atoms with E-state index in [4.69, 9.17) is 9.47 Å². The van der Waals surface area contributed by atoms with Crippen molar-refractivity contribution in [3.05, 3.63) is 42.1 Å². The van der Waals surface area contributed by atoms with E-state index in [1.807, 2.05) is 4.90 Å². The minimum absolute atomic E-state index is 0.0514. The molecule has 0 amide bonds. The number of ether oxygens (including phenoxy) is 2. The molecule has 0 aliphatic carbocycles. The summed E-state index contributed by atoms with van der Waals surface area (Å²) in [5, 5.41) is 9.83. The Morgan fingerprint density at radius 3 is 2.75 bits per heavy atom. The van der Waals surface area contributed by atoms with Crippen LogP contribution in [0.4, 0.5) is 26.4 Å². The van der Waals surface area contributed by atoms with Gasteiger partial charge in [-0.3, -0.25) is 5.10 Å². The Balaban J connectivity index is 1.53. The second kappa shape index (κ2) is 7.77. The lowest BCUT2D eigenvalue weighted by atomic mass is 10.1. The average Bonchev–Trinajstić information content (AvgIpc) is 3.19. The van der Waals surface area contributed by atoms with Crippen molar-refractivity contribution in [3.8, 4) is 17.0 Å². The van der Waals surface area contributed by atoms with Crippen molar-refractivity contribution in [1.29, 1.82) is 0 Å². The molecule has 2 aromatic heterocycles. The number of halogens is 2. The van der Waals surface area contributed by atoms with E-state index in [0.717, 1.165) is 13.1 Å². The Morgan fingerprint density at radius 2 is 1.96 bits per heavy atom. The molecule has 0 bridgehead atoms. The largest absolute Gasteiger partial charge is 0.494 e. The zero-order valence-electron chi connectivity index (χ0n) is 15.1. The topological polar surface area (TPSA) is 88.2 Å². The molecule has 3 heterocycles. The molecule has 0 spiro atoms. The lowest BCUT2D eigenvalue weighted by molar-refractivity contribution is 0.122. The zero-order chi connectivity index (χ0) is 19.5. The van der Waals surface area contributed by atoms with Crippen molar-refractivity contribution in [2.45, 2.75) is 0 Å². The number of hydrogen-bond acceptors (Lipinski definition) is 7. The fourth-order valence-electron chi connectivity index (χ4n) is 2.89.